The van der Waals surface area contributed by atoms with Crippen LogP contribution < -0.4 is 5.73 Å². The lowest BCUT2D eigenvalue weighted by atomic mass is 10.1. The lowest BCUT2D eigenvalue weighted by Crippen LogP contribution is -2.04. The molecule has 0 aromatic heterocycles. The van der Waals surface area contributed by atoms with Gasteiger partial charge in [0.2, 0.25) is 0 Å². The molecule has 0 heterocycles. The summed E-state index contributed by atoms with van der Waals surface area (Å²) in [6.07, 6.45) is 4.04. The second-order valence-corrected chi connectivity index (χ2v) is 5.32. The predicted molar refractivity (Wildman–Crippen MR) is 72.0 cm³/mol. The molecule has 0 bridgehead atoms. The average molecular weight is 257 g/mol. The molecule has 0 aliphatic rings. The largest absolute Gasteiger partial charge is 0.465 e. The number of methoxy groups -OCH3 is 1. The van der Waals surface area contributed by atoms with Crippen molar-refractivity contribution in [3.8, 4) is 0 Å². The molecule has 0 amide bonds. The number of anilines is 1. The van der Waals surface area contributed by atoms with E-state index in [0.29, 0.717) is 11.3 Å². The highest BCUT2D eigenvalue weighted by Crippen LogP contribution is 2.39. The SMILES string of the molecule is COC(=O)c1ccc(N)c(C(SC)SC)c1. The minimum Gasteiger partial charge on any atom is -0.465 e. The Morgan fingerprint density at radius 2 is 2.00 bits per heavy atom. The van der Waals surface area contributed by atoms with E-state index in [0.717, 1.165) is 5.56 Å². The molecule has 0 atom stereocenters. The van der Waals surface area contributed by atoms with Crippen LogP contribution >= 0.6 is 23.5 Å². The van der Waals surface area contributed by atoms with E-state index in [1.54, 1.807) is 41.7 Å². The predicted octanol–water partition coefficient (Wildman–Crippen LogP) is 2.78. The summed E-state index contributed by atoms with van der Waals surface area (Å²) >= 11 is 3.39. The number of esters is 1. The Balaban J connectivity index is 3.12. The summed E-state index contributed by atoms with van der Waals surface area (Å²) in [7, 11) is 1.37. The molecule has 1 aromatic carbocycles. The normalized spacial score (nSPS) is 10.5. The van der Waals surface area contributed by atoms with E-state index in [9.17, 15) is 4.79 Å². The van der Waals surface area contributed by atoms with Crippen molar-refractivity contribution in [1.82, 2.24) is 0 Å². The fourth-order valence-electron chi connectivity index (χ4n) is 1.37. The van der Waals surface area contributed by atoms with Gasteiger partial charge < -0.3 is 10.5 Å². The van der Waals surface area contributed by atoms with E-state index in [2.05, 4.69) is 4.74 Å². The van der Waals surface area contributed by atoms with Crippen LogP contribution in [0.25, 0.3) is 0 Å². The monoisotopic (exact) mass is 257 g/mol. The first-order valence-electron chi connectivity index (χ1n) is 4.67. The molecule has 5 heteroatoms. The fourth-order valence-corrected chi connectivity index (χ4v) is 3.06. The molecule has 2 N–H and O–H groups in total. The van der Waals surface area contributed by atoms with Crippen LogP contribution in [0.3, 0.4) is 0 Å². The van der Waals surface area contributed by atoms with Crippen LogP contribution in [0, 0.1) is 0 Å². The van der Waals surface area contributed by atoms with Crippen LogP contribution in [0.2, 0.25) is 0 Å². The van der Waals surface area contributed by atoms with E-state index in [-0.39, 0.29) is 10.6 Å². The van der Waals surface area contributed by atoms with Gasteiger partial charge in [0, 0.05) is 5.69 Å². The van der Waals surface area contributed by atoms with Gasteiger partial charge in [0.25, 0.3) is 0 Å². The van der Waals surface area contributed by atoms with Gasteiger partial charge in [-0.2, -0.15) is 0 Å². The number of hydrogen-bond acceptors (Lipinski definition) is 5. The molecular formula is C11H15NO2S2. The van der Waals surface area contributed by atoms with Crippen molar-refractivity contribution in [3.05, 3.63) is 29.3 Å². The van der Waals surface area contributed by atoms with Gasteiger partial charge in [-0.15, -0.1) is 23.5 Å². The Kier molecular flexibility index (Phi) is 5.02. The third-order valence-corrected chi connectivity index (χ3v) is 4.71. The molecule has 0 spiro atoms. The van der Waals surface area contributed by atoms with Crippen LogP contribution in [0.5, 0.6) is 0 Å². The maximum absolute atomic E-state index is 11.4. The zero-order chi connectivity index (χ0) is 12.1. The van der Waals surface area contributed by atoms with Crippen molar-refractivity contribution in [1.29, 1.82) is 0 Å². The Bertz CT molecular complexity index is 378. The molecule has 1 rings (SSSR count). The van der Waals surface area contributed by atoms with Gasteiger partial charge in [0.15, 0.2) is 0 Å². The number of benzene rings is 1. The quantitative estimate of drug-likeness (QED) is 0.510. The lowest BCUT2D eigenvalue weighted by Gasteiger charge is -2.15. The highest BCUT2D eigenvalue weighted by atomic mass is 32.2. The molecule has 0 aliphatic carbocycles. The maximum atomic E-state index is 11.4. The van der Waals surface area contributed by atoms with Gasteiger partial charge in [-0.3, -0.25) is 0 Å². The molecule has 3 nitrogen and oxygen atoms in total. The number of rotatable bonds is 4. The van der Waals surface area contributed by atoms with Gasteiger partial charge in [-0.05, 0) is 36.3 Å². The number of thioether (sulfide) groups is 2. The summed E-state index contributed by atoms with van der Waals surface area (Å²) in [6.45, 7) is 0. The Morgan fingerprint density at radius 1 is 1.38 bits per heavy atom. The highest BCUT2D eigenvalue weighted by Gasteiger charge is 2.15. The topological polar surface area (TPSA) is 52.3 Å². The van der Waals surface area contributed by atoms with Crippen molar-refractivity contribution in [2.75, 3.05) is 25.4 Å². The number of ether oxygens (including phenoxy) is 1. The summed E-state index contributed by atoms with van der Waals surface area (Å²) in [5.74, 6) is -0.331. The molecule has 1 aromatic rings. The van der Waals surface area contributed by atoms with Gasteiger partial charge in [0.05, 0.1) is 17.3 Å². The van der Waals surface area contributed by atoms with E-state index >= 15 is 0 Å². The van der Waals surface area contributed by atoms with E-state index < -0.39 is 0 Å². The standard InChI is InChI=1S/C11H15NO2S2/c1-14-10(13)7-4-5-9(12)8(6-7)11(15-2)16-3/h4-6,11H,12H2,1-3H3. The third-order valence-electron chi connectivity index (χ3n) is 2.19. The average Bonchev–Trinajstić information content (AvgIpc) is 2.32. The molecule has 16 heavy (non-hydrogen) atoms. The van der Waals surface area contributed by atoms with Crippen LogP contribution in [-0.4, -0.2) is 25.6 Å². The molecule has 0 radical (unpaired) electrons. The van der Waals surface area contributed by atoms with Gasteiger partial charge >= 0.3 is 5.97 Å². The van der Waals surface area contributed by atoms with Crippen LogP contribution in [-0.2, 0) is 4.74 Å². The first-order valence-corrected chi connectivity index (χ1v) is 7.25. The minimum atomic E-state index is -0.331. The van der Waals surface area contributed by atoms with Crippen LogP contribution in [0.4, 0.5) is 5.69 Å². The second-order valence-electron chi connectivity index (χ2n) is 3.14. The maximum Gasteiger partial charge on any atom is 0.337 e. The molecular weight excluding hydrogens is 242 g/mol. The number of nitrogens with two attached hydrogens (primary N) is 1. The highest BCUT2D eigenvalue weighted by molar-refractivity contribution is 8.15. The number of hydrogen-bond donors (Lipinski definition) is 1. The Morgan fingerprint density at radius 3 is 2.50 bits per heavy atom. The van der Waals surface area contributed by atoms with Gasteiger partial charge in [-0.25, -0.2) is 4.79 Å². The zero-order valence-electron chi connectivity index (χ0n) is 9.52. The molecule has 0 fully saturated rings. The Labute approximate surface area is 104 Å². The van der Waals surface area contributed by atoms with Crippen LogP contribution in [0.15, 0.2) is 18.2 Å². The lowest BCUT2D eigenvalue weighted by molar-refractivity contribution is 0.0600. The fraction of sp³-hybridized carbons (Fsp3) is 0.364. The zero-order valence-corrected chi connectivity index (χ0v) is 11.2. The first kappa shape index (κ1) is 13.3. The molecule has 0 unspecified atom stereocenters. The van der Waals surface area contributed by atoms with E-state index in [4.69, 9.17) is 5.73 Å². The van der Waals surface area contributed by atoms with Crippen LogP contribution in [0.1, 0.15) is 20.5 Å². The minimum absolute atomic E-state index is 0.240. The molecule has 0 saturated heterocycles. The smallest absolute Gasteiger partial charge is 0.337 e. The van der Waals surface area contributed by atoms with E-state index in [1.165, 1.54) is 7.11 Å². The molecule has 88 valence electrons. The van der Waals surface area contributed by atoms with Crippen molar-refractivity contribution >= 4 is 35.2 Å². The van der Waals surface area contributed by atoms with Crippen molar-refractivity contribution < 1.29 is 9.53 Å². The number of carbonyl (C=O) groups excluding carboxylic acids is 1. The third kappa shape index (κ3) is 2.86. The molecule has 0 saturated carbocycles. The number of carbonyl (C=O) groups is 1. The Hall–Kier alpha value is -0.810. The van der Waals surface area contributed by atoms with Gasteiger partial charge in [0.1, 0.15) is 0 Å². The van der Waals surface area contributed by atoms with Crippen molar-refractivity contribution in [3.63, 3.8) is 0 Å². The van der Waals surface area contributed by atoms with Gasteiger partial charge in [-0.1, -0.05) is 0 Å². The summed E-state index contributed by atoms with van der Waals surface area (Å²) in [5.41, 5.74) is 8.13. The summed E-state index contributed by atoms with van der Waals surface area (Å²) in [4.78, 5) is 11.4. The van der Waals surface area contributed by atoms with Crippen molar-refractivity contribution in [2.24, 2.45) is 0 Å². The molecule has 0 aliphatic heterocycles. The van der Waals surface area contributed by atoms with Crippen molar-refractivity contribution in [2.45, 2.75) is 4.58 Å². The van der Waals surface area contributed by atoms with E-state index in [1.807, 2.05) is 12.5 Å². The summed E-state index contributed by atoms with van der Waals surface area (Å²) < 4.78 is 4.93. The first-order chi connectivity index (χ1) is 7.63. The number of nitrogen functional groups attached to an aromatic ring is 1. The summed E-state index contributed by atoms with van der Waals surface area (Å²) in [5, 5.41) is 0. The second kappa shape index (κ2) is 6.06. The summed E-state index contributed by atoms with van der Waals surface area (Å²) in [6, 6.07) is 5.24.